The van der Waals surface area contributed by atoms with Gasteiger partial charge in [-0.05, 0) is 26.0 Å². The van der Waals surface area contributed by atoms with Gasteiger partial charge in [0.05, 0.1) is 23.5 Å². The molecule has 0 aliphatic carbocycles. The van der Waals surface area contributed by atoms with Gasteiger partial charge in [-0.1, -0.05) is 17.7 Å². The summed E-state index contributed by atoms with van der Waals surface area (Å²) in [5.74, 6) is -0.526. The zero-order valence-corrected chi connectivity index (χ0v) is 14.5. The number of nitrogens with one attached hydrogen (secondary N) is 1. The van der Waals surface area contributed by atoms with Crippen LogP contribution < -0.4 is 4.90 Å². The van der Waals surface area contributed by atoms with Crippen LogP contribution in [0.15, 0.2) is 18.2 Å². The van der Waals surface area contributed by atoms with Crippen LogP contribution in [0.25, 0.3) is 0 Å². The lowest BCUT2D eigenvalue weighted by atomic mass is 10.1. The zero-order chi connectivity index (χ0) is 17.3. The van der Waals surface area contributed by atoms with E-state index in [-0.39, 0.29) is 17.9 Å². The van der Waals surface area contributed by atoms with E-state index in [0.29, 0.717) is 18.1 Å². The van der Waals surface area contributed by atoms with Crippen LogP contribution in [0.5, 0.6) is 0 Å². The number of anilines is 1. The van der Waals surface area contributed by atoms with Crippen molar-refractivity contribution in [3.63, 3.8) is 0 Å². The highest BCUT2D eigenvalue weighted by Gasteiger charge is 2.25. The molecule has 1 amide bonds. The van der Waals surface area contributed by atoms with E-state index in [9.17, 15) is 9.18 Å². The van der Waals surface area contributed by atoms with Crippen molar-refractivity contribution in [2.45, 2.75) is 20.3 Å². The highest BCUT2D eigenvalue weighted by Crippen LogP contribution is 2.24. The van der Waals surface area contributed by atoms with Crippen molar-refractivity contribution in [1.82, 2.24) is 15.1 Å². The molecule has 2 heterocycles. The lowest BCUT2D eigenvalue weighted by Gasteiger charge is -2.36. The van der Waals surface area contributed by atoms with Crippen LogP contribution in [-0.4, -0.2) is 47.2 Å². The number of aromatic nitrogens is 2. The van der Waals surface area contributed by atoms with Crippen LogP contribution in [0.4, 0.5) is 10.1 Å². The first-order valence-corrected chi connectivity index (χ1v) is 8.32. The van der Waals surface area contributed by atoms with Gasteiger partial charge in [-0.25, -0.2) is 4.39 Å². The molecule has 1 aliphatic heterocycles. The third kappa shape index (κ3) is 3.24. The van der Waals surface area contributed by atoms with Gasteiger partial charge in [0.25, 0.3) is 0 Å². The minimum absolute atomic E-state index is 0.00469. The first kappa shape index (κ1) is 16.8. The molecule has 1 N–H and O–H groups in total. The Morgan fingerprint density at radius 1 is 1.29 bits per heavy atom. The molecule has 0 radical (unpaired) electrons. The predicted octanol–water partition coefficient (Wildman–Crippen LogP) is 2.71. The van der Waals surface area contributed by atoms with Crippen LogP contribution in [0.3, 0.4) is 0 Å². The van der Waals surface area contributed by atoms with E-state index in [0.717, 1.165) is 30.2 Å². The van der Waals surface area contributed by atoms with Crippen molar-refractivity contribution in [3.05, 3.63) is 46.0 Å². The quantitative estimate of drug-likeness (QED) is 0.926. The molecule has 5 nitrogen and oxygen atoms in total. The number of H-pyrrole nitrogens is 1. The number of carbonyl (C=O) groups is 1. The lowest BCUT2D eigenvalue weighted by molar-refractivity contribution is -0.130. The van der Waals surface area contributed by atoms with Crippen LogP contribution in [-0.2, 0) is 11.2 Å². The van der Waals surface area contributed by atoms with Gasteiger partial charge in [-0.3, -0.25) is 9.89 Å². The molecule has 0 unspecified atom stereocenters. The summed E-state index contributed by atoms with van der Waals surface area (Å²) in [6, 6.07) is 4.48. The second-order valence-electron chi connectivity index (χ2n) is 6.03. The van der Waals surface area contributed by atoms with Crippen LogP contribution in [0.1, 0.15) is 17.0 Å². The van der Waals surface area contributed by atoms with Crippen molar-refractivity contribution >= 4 is 23.2 Å². The van der Waals surface area contributed by atoms with Gasteiger partial charge in [0.1, 0.15) is 5.82 Å². The molecule has 7 heteroatoms. The highest BCUT2D eigenvalue weighted by molar-refractivity contribution is 6.31. The number of amides is 1. The Kier molecular flexibility index (Phi) is 4.76. The standard InChI is InChI=1S/C17H20ClFN4O/c1-11-17(12(2)21-20-11)23-8-6-22(7-9-23)16(24)10-13-14(18)4-3-5-15(13)19/h3-5H,6-10H2,1-2H3,(H,20,21). The Balaban J connectivity index is 1.63. The normalized spacial score (nSPS) is 15.0. The highest BCUT2D eigenvalue weighted by atomic mass is 35.5. The minimum atomic E-state index is -0.431. The summed E-state index contributed by atoms with van der Waals surface area (Å²) in [5, 5.41) is 7.50. The van der Waals surface area contributed by atoms with Gasteiger partial charge in [0.2, 0.25) is 5.91 Å². The van der Waals surface area contributed by atoms with Crippen molar-refractivity contribution in [1.29, 1.82) is 0 Å². The number of nitrogens with zero attached hydrogens (tertiary/aromatic N) is 3. The lowest BCUT2D eigenvalue weighted by Crippen LogP contribution is -2.49. The Bertz CT molecular complexity index is 713. The van der Waals surface area contributed by atoms with Crippen LogP contribution >= 0.6 is 11.6 Å². The van der Waals surface area contributed by atoms with Gasteiger partial charge >= 0.3 is 0 Å². The fraction of sp³-hybridized carbons (Fsp3) is 0.412. The monoisotopic (exact) mass is 350 g/mol. The Hall–Kier alpha value is -2.08. The SMILES string of the molecule is Cc1n[nH]c(C)c1N1CCN(C(=O)Cc2c(F)cccc2Cl)CC1. The number of piperazine rings is 1. The van der Waals surface area contributed by atoms with Gasteiger partial charge in [0, 0.05) is 36.8 Å². The maximum atomic E-state index is 13.8. The number of benzene rings is 1. The summed E-state index contributed by atoms with van der Waals surface area (Å²) < 4.78 is 13.8. The summed E-state index contributed by atoms with van der Waals surface area (Å²) in [5.41, 5.74) is 3.38. The second kappa shape index (κ2) is 6.81. The predicted molar refractivity (Wildman–Crippen MR) is 92.0 cm³/mol. The fourth-order valence-corrected chi connectivity index (χ4v) is 3.38. The first-order valence-electron chi connectivity index (χ1n) is 7.94. The van der Waals surface area contributed by atoms with Gasteiger partial charge in [0.15, 0.2) is 0 Å². The first-order chi connectivity index (χ1) is 11.5. The molecule has 1 fully saturated rings. The molecular formula is C17H20ClFN4O. The second-order valence-corrected chi connectivity index (χ2v) is 6.43. The van der Waals surface area contributed by atoms with E-state index in [4.69, 9.17) is 11.6 Å². The smallest absolute Gasteiger partial charge is 0.227 e. The number of rotatable bonds is 3. The Morgan fingerprint density at radius 2 is 2.00 bits per heavy atom. The Labute approximate surface area is 145 Å². The van der Waals surface area contributed by atoms with E-state index in [1.807, 2.05) is 13.8 Å². The number of carbonyl (C=O) groups excluding carboxylic acids is 1. The number of hydrogen-bond acceptors (Lipinski definition) is 3. The van der Waals surface area contributed by atoms with Gasteiger partial charge < -0.3 is 9.80 Å². The largest absolute Gasteiger partial charge is 0.365 e. The number of aromatic amines is 1. The maximum absolute atomic E-state index is 13.8. The maximum Gasteiger partial charge on any atom is 0.227 e. The molecule has 1 saturated heterocycles. The third-order valence-corrected chi connectivity index (χ3v) is 4.78. The molecule has 24 heavy (non-hydrogen) atoms. The van der Waals surface area contributed by atoms with Crippen molar-refractivity contribution in [2.24, 2.45) is 0 Å². The van der Waals surface area contributed by atoms with Gasteiger partial charge in [-0.15, -0.1) is 0 Å². The average Bonchev–Trinajstić information content (AvgIpc) is 2.90. The third-order valence-electron chi connectivity index (χ3n) is 4.43. The number of aryl methyl sites for hydroxylation is 2. The van der Waals surface area contributed by atoms with Crippen molar-refractivity contribution in [3.8, 4) is 0 Å². The summed E-state index contributed by atoms with van der Waals surface area (Å²) in [7, 11) is 0. The average molecular weight is 351 g/mol. The topological polar surface area (TPSA) is 52.2 Å². The van der Waals surface area contributed by atoms with E-state index in [2.05, 4.69) is 15.1 Å². The Morgan fingerprint density at radius 3 is 2.58 bits per heavy atom. The summed E-state index contributed by atoms with van der Waals surface area (Å²) in [6.45, 7) is 6.64. The number of halogens is 2. The molecule has 3 rings (SSSR count). The van der Waals surface area contributed by atoms with E-state index in [1.165, 1.54) is 6.07 Å². The van der Waals surface area contributed by atoms with E-state index in [1.54, 1.807) is 17.0 Å². The molecule has 128 valence electrons. The van der Waals surface area contributed by atoms with Crippen LogP contribution in [0, 0.1) is 19.7 Å². The molecular weight excluding hydrogens is 331 g/mol. The molecule has 0 bridgehead atoms. The zero-order valence-electron chi connectivity index (χ0n) is 13.8. The van der Waals surface area contributed by atoms with E-state index >= 15 is 0 Å². The number of hydrogen-bond donors (Lipinski definition) is 1. The molecule has 0 atom stereocenters. The molecule has 0 spiro atoms. The fourth-order valence-electron chi connectivity index (χ4n) is 3.15. The molecule has 1 aliphatic rings. The molecule has 0 saturated carbocycles. The van der Waals surface area contributed by atoms with E-state index < -0.39 is 5.82 Å². The van der Waals surface area contributed by atoms with Gasteiger partial charge in [-0.2, -0.15) is 5.10 Å². The van der Waals surface area contributed by atoms with Crippen molar-refractivity contribution in [2.75, 3.05) is 31.1 Å². The summed E-state index contributed by atoms with van der Waals surface area (Å²) >= 11 is 6.01. The van der Waals surface area contributed by atoms with Crippen LogP contribution in [0.2, 0.25) is 5.02 Å². The molecule has 1 aromatic carbocycles. The summed E-state index contributed by atoms with van der Waals surface area (Å²) in [6.07, 6.45) is -0.00469. The van der Waals surface area contributed by atoms with Crippen molar-refractivity contribution < 1.29 is 9.18 Å². The minimum Gasteiger partial charge on any atom is -0.365 e. The molecule has 2 aromatic rings. The summed E-state index contributed by atoms with van der Waals surface area (Å²) in [4.78, 5) is 16.5. The molecule has 1 aromatic heterocycles.